The Morgan fingerprint density at radius 1 is 0.966 bits per heavy atom. The second kappa shape index (κ2) is 7.78. The van der Waals surface area contributed by atoms with Crippen molar-refractivity contribution in [3.05, 3.63) is 59.7 Å². The second-order valence-corrected chi connectivity index (χ2v) is 8.36. The van der Waals surface area contributed by atoms with Crippen LogP contribution in [0.15, 0.2) is 48.5 Å². The normalized spacial score (nSPS) is 19.3. The molecule has 6 heteroatoms. The molecule has 6 nitrogen and oxygen atoms in total. The Balaban J connectivity index is 1.66. The molecule has 2 aromatic carbocycles. The molecular weight excluding hydrogens is 368 g/mol. The van der Waals surface area contributed by atoms with Crippen molar-refractivity contribution < 1.29 is 19.1 Å². The first-order valence-corrected chi connectivity index (χ1v) is 9.67. The summed E-state index contributed by atoms with van der Waals surface area (Å²) in [6.07, 6.45) is 0. The molecule has 1 heterocycles. The summed E-state index contributed by atoms with van der Waals surface area (Å²) >= 11 is 0. The minimum atomic E-state index is -1.08. The largest absolute Gasteiger partial charge is 0.497 e. The topological polar surface area (TPSA) is 67.9 Å². The molecule has 2 aromatic rings. The summed E-state index contributed by atoms with van der Waals surface area (Å²) in [5, 5.41) is 2.83. The molecule has 0 radical (unpaired) electrons. The van der Waals surface area contributed by atoms with Crippen LogP contribution < -0.4 is 14.8 Å². The Morgan fingerprint density at radius 2 is 1.55 bits per heavy atom. The van der Waals surface area contributed by atoms with Gasteiger partial charge in [0.05, 0.1) is 13.7 Å². The Morgan fingerprint density at radius 3 is 2.10 bits per heavy atom. The van der Waals surface area contributed by atoms with Crippen LogP contribution in [0.2, 0.25) is 0 Å². The van der Waals surface area contributed by atoms with Crippen LogP contribution in [0.5, 0.6) is 11.5 Å². The zero-order valence-electron chi connectivity index (χ0n) is 17.6. The van der Waals surface area contributed by atoms with Crippen molar-refractivity contribution in [2.75, 3.05) is 20.3 Å². The van der Waals surface area contributed by atoms with Gasteiger partial charge in [0.2, 0.25) is 0 Å². The number of benzene rings is 2. The Bertz CT molecular complexity index is 885. The van der Waals surface area contributed by atoms with Crippen molar-refractivity contribution in [3.63, 3.8) is 0 Å². The van der Waals surface area contributed by atoms with E-state index in [2.05, 4.69) is 26.1 Å². The lowest BCUT2D eigenvalue weighted by atomic mass is 9.84. The van der Waals surface area contributed by atoms with Gasteiger partial charge in [-0.05, 0) is 47.7 Å². The van der Waals surface area contributed by atoms with E-state index in [0.717, 1.165) is 11.3 Å². The van der Waals surface area contributed by atoms with Gasteiger partial charge < -0.3 is 14.8 Å². The van der Waals surface area contributed by atoms with Crippen LogP contribution in [-0.2, 0) is 15.7 Å². The number of methoxy groups -OCH3 is 1. The fourth-order valence-corrected chi connectivity index (χ4v) is 3.33. The smallest absolute Gasteiger partial charge is 0.325 e. The Labute approximate surface area is 171 Å². The molecule has 3 amide bonds. The highest BCUT2D eigenvalue weighted by molar-refractivity contribution is 6.07. The van der Waals surface area contributed by atoms with Gasteiger partial charge in [0, 0.05) is 0 Å². The maximum absolute atomic E-state index is 13.0. The second-order valence-electron chi connectivity index (χ2n) is 8.36. The van der Waals surface area contributed by atoms with Crippen molar-refractivity contribution in [3.8, 4) is 11.5 Å². The van der Waals surface area contributed by atoms with E-state index in [-0.39, 0.29) is 24.5 Å². The predicted molar refractivity (Wildman–Crippen MR) is 111 cm³/mol. The number of carbonyl (C=O) groups is 2. The van der Waals surface area contributed by atoms with E-state index < -0.39 is 11.6 Å². The summed E-state index contributed by atoms with van der Waals surface area (Å²) in [5.41, 5.74) is 0.884. The van der Waals surface area contributed by atoms with E-state index in [9.17, 15) is 9.59 Å². The van der Waals surface area contributed by atoms with Crippen molar-refractivity contribution >= 4 is 11.9 Å². The quantitative estimate of drug-likeness (QED) is 0.754. The number of amides is 3. The Kier molecular flexibility index (Phi) is 5.55. The molecule has 1 saturated heterocycles. The number of carbonyl (C=O) groups excluding carboxylic acids is 2. The van der Waals surface area contributed by atoms with Crippen LogP contribution in [-0.4, -0.2) is 37.1 Å². The third-order valence-corrected chi connectivity index (χ3v) is 5.25. The SMILES string of the molecule is COc1ccc(OCCN2C(=O)NC(C)(c3ccc(C(C)(C)C)cc3)C2=O)cc1. The van der Waals surface area contributed by atoms with E-state index in [4.69, 9.17) is 9.47 Å². The van der Waals surface area contributed by atoms with Gasteiger partial charge >= 0.3 is 6.03 Å². The third kappa shape index (κ3) is 4.21. The summed E-state index contributed by atoms with van der Waals surface area (Å²) < 4.78 is 10.8. The number of nitrogens with one attached hydrogen (secondary N) is 1. The molecule has 0 saturated carbocycles. The Hall–Kier alpha value is -3.02. The molecular formula is C23H28N2O4. The molecule has 3 rings (SSSR count). The molecule has 1 N–H and O–H groups in total. The van der Waals surface area contributed by atoms with Crippen molar-refractivity contribution in [2.24, 2.45) is 0 Å². The van der Waals surface area contributed by atoms with E-state index in [1.807, 2.05) is 24.3 Å². The van der Waals surface area contributed by atoms with E-state index in [1.54, 1.807) is 38.3 Å². The maximum atomic E-state index is 13.0. The molecule has 154 valence electrons. The van der Waals surface area contributed by atoms with Crippen LogP contribution in [0.3, 0.4) is 0 Å². The van der Waals surface area contributed by atoms with Crippen LogP contribution in [0.1, 0.15) is 38.8 Å². The highest BCUT2D eigenvalue weighted by Crippen LogP contribution is 2.31. The van der Waals surface area contributed by atoms with Gasteiger partial charge in [-0.25, -0.2) is 4.79 Å². The van der Waals surface area contributed by atoms with Crippen LogP contribution in [0.25, 0.3) is 0 Å². The van der Waals surface area contributed by atoms with Crippen molar-refractivity contribution in [1.82, 2.24) is 10.2 Å². The molecule has 0 bridgehead atoms. The van der Waals surface area contributed by atoms with Crippen molar-refractivity contribution in [2.45, 2.75) is 38.6 Å². The van der Waals surface area contributed by atoms with Gasteiger partial charge in [-0.15, -0.1) is 0 Å². The molecule has 1 fully saturated rings. The standard InChI is InChI=1S/C23H28N2O4/c1-22(2,3)16-6-8-17(9-7-16)23(4)20(26)25(21(27)24-23)14-15-29-19-12-10-18(28-5)11-13-19/h6-13H,14-15H2,1-5H3,(H,24,27). The lowest BCUT2D eigenvalue weighted by Gasteiger charge is -2.24. The zero-order valence-corrected chi connectivity index (χ0v) is 17.6. The van der Waals surface area contributed by atoms with Crippen molar-refractivity contribution in [1.29, 1.82) is 0 Å². The van der Waals surface area contributed by atoms with Gasteiger partial charge in [-0.2, -0.15) is 0 Å². The highest BCUT2D eigenvalue weighted by atomic mass is 16.5. The van der Waals surface area contributed by atoms with Gasteiger partial charge in [-0.3, -0.25) is 9.69 Å². The van der Waals surface area contributed by atoms with Crippen LogP contribution in [0.4, 0.5) is 4.79 Å². The summed E-state index contributed by atoms with van der Waals surface area (Å²) in [7, 11) is 1.60. The minimum Gasteiger partial charge on any atom is -0.497 e. The van der Waals surface area contributed by atoms with Gasteiger partial charge in [-0.1, -0.05) is 45.0 Å². The first-order valence-electron chi connectivity index (χ1n) is 9.67. The number of hydrogen-bond acceptors (Lipinski definition) is 4. The average molecular weight is 396 g/mol. The number of hydrogen-bond donors (Lipinski definition) is 1. The fourth-order valence-electron chi connectivity index (χ4n) is 3.33. The van der Waals surface area contributed by atoms with Crippen LogP contribution >= 0.6 is 0 Å². The summed E-state index contributed by atoms with van der Waals surface area (Å²) in [6, 6.07) is 14.6. The molecule has 0 aliphatic carbocycles. The lowest BCUT2D eigenvalue weighted by Crippen LogP contribution is -2.41. The molecule has 1 atom stereocenters. The first kappa shape index (κ1) is 20.7. The van der Waals surface area contributed by atoms with Crippen LogP contribution in [0, 0.1) is 0 Å². The highest BCUT2D eigenvalue weighted by Gasteiger charge is 2.48. The lowest BCUT2D eigenvalue weighted by molar-refractivity contribution is -0.131. The predicted octanol–water partition coefficient (Wildman–Crippen LogP) is 3.84. The summed E-state index contributed by atoms with van der Waals surface area (Å²) in [5.74, 6) is 1.11. The molecule has 29 heavy (non-hydrogen) atoms. The van der Waals surface area contributed by atoms with E-state index >= 15 is 0 Å². The van der Waals surface area contributed by atoms with Gasteiger partial charge in [0.15, 0.2) is 0 Å². The first-order chi connectivity index (χ1) is 13.6. The number of ether oxygens (including phenoxy) is 2. The monoisotopic (exact) mass is 396 g/mol. The van der Waals surface area contributed by atoms with E-state index in [1.165, 1.54) is 10.5 Å². The molecule has 0 aromatic heterocycles. The molecule has 1 aliphatic rings. The number of rotatable bonds is 6. The average Bonchev–Trinajstić information content (AvgIpc) is 2.92. The maximum Gasteiger partial charge on any atom is 0.325 e. The molecule has 1 unspecified atom stereocenters. The zero-order chi connectivity index (χ0) is 21.2. The minimum absolute atomic E-state index is 0.0210. The van der Waals surface area contributed by atoms with Gasteiger partial charge in [0.25, 0.3) is 5.91 Å². The number of nitrogens with zero attached hydrogens (tertiary/aromatic N) is 1. The third-order valence-electron chi connectivity index (χ3n) is 5.25. The summed E-state index contributed by atoms with van der Waals surface area (Å²) in [4.78, 5) is 26.7. The van der Waals surface area contributed by atoms with E-state index in [0.29, 0.717) is 5.75 Å². The number of imide groups is 1. The molecule has 1 aliphatic heterocycles. The summed E-state index contributed by atoms with van der Waals surface area (Å²) in [6.45, 7) is 8.53. The number of urea groups is 1. The molecule has 0 spiro atoms. The van der Waals surface area contributed by atoms with Gasteiger partial charge in [0.1, 0.15) is 23.6 Å². The fraction of sp³-hybridized carbons (Fsp3) is 0.391.